The number of ether oxygens (including phenoxy) is 1. The van der Waals surface area contributed by atoms with E-state index in [1.807, 2.05) is 48.5 Å². The summed E-state index contributed by atoms with van der Waals surface area (Å²) in [5.41, 5.74) is 1.96. The summed E-state index contributed by atoms with van der Waals surface area (Å²) in [5, 5.41) is 2.02. The van der Waals surface area contributed by atoms with E-state index in [2.05, 4.69) is 18.2 Å². The van der Waals surface area contributed by atoms with Crippen LogP contribution in [0.5, 0.6) is 5.75 Å². The lowest BCUT2D eigenvalue weighted by atomic mass is 10.1. The third-order valence-electron chi connectivity index (χ3n) is 5.70. The van der Waals surface area contributed by atoms with Gasteiger partial charge in [0, 0.05) is 10.6 Å². The number of imide groups is 1. The van der Waals surface area contributed by atoms with Gasteiger partial charge in [-0.2, -0.15) is 0 Å². The number of carbonyl (C=O) groups excluding carboxylic acids is 2. The molecular weight excluding hydrogens is 485 g/mol. The Morgan fingerprint density at radius 1 is 0.914 bits per heavy atom. The van der Waals surface area contributed by atoms with E-state index in [-0.39, 0.29) is 22.0 Å². The number of benzene rings is 4. The minimum absolute atomic E-state index is 0.116. The van der Waals surface area contributed by atoms with Gasteiger partial charge in [-0.05, 0) is 64.0 Å². The lowest BCUT2D eigenvalue weighted by Crippen LogP contribution is -2.28. The largest absolute Gasteiger partial charge is 0.489 e. The zero-order valence-electron chi connectivity index (χ0n) is 18.4. The van der Waals surface area contributed by atoms with Crippen LogP contribution in [0.1, 0.15) is 16.7 Å². The van der Waals surface area contributed by atoms with Crippen molar-refractivity contribution in [3.8, 4) is 5.75 Å². The number of amides is 2. The van der Waals surface area contributed by atoms with Crippen LogP contribution in [0.25, 0.3) is 16.8 Å². The summed E-state index contributed by atoms with van der Waals surface area (Å²) in [6.45, 7) is 0.215. The van der Waals surface area contributed by atoms with E-state index in [0.29, 0.717) is 12.4 Å². The summed E-state index contributed by atoms with van der Waals surface area (Å²) in [6.07, 6.45) is 1.64. The van der Waals surface area contributed by atoms with Crippen LogP contribution in [0.4, 0.5) is 9.18 Å². The summed E-state index contributed by atoms with van der Waals surface area (Å²) >= 11 is 6.88. The zero-order chi connectivity index (χ0) is 24.4. The molecule has 0 unspecified atom stereocenters. The van der Waals surface area contributed by atoms with Crippen molar-refractivity contribution in [1.82, 2.24) is 4.90 Å². The number of fused-ring (bicyclic) bond motifs is 1. The van der Waals surface area contributed by atoms with Crippen LogP contribution in [0, 0.1) is 5.82 Å². The molecule has 1 saturated heterocycles. The standard InChI is InChI=1S/C28H19ClFNO3S/c29-24-9-4-10-25(30)23(24)16-31-27(32)26(35-28(31)33)15-18-11-13-21(14-12-18)34-17-20-7-3-6-19-5-1-2-8-22(19)20/h1-15H,16-17H2/b26-15-. The molecule has 0 spiro atoms. The van der Waals surface area contributed by atoms with Crippen molar-refractivity contribution in [3.05, 3.63) is 117 Å². The van der Waals surface area contributed by atoms with Crippen molar-refractivity contribution in [2.24, 2.45) is 0 Å². The molecule has 35 heavy (non-hydrogen) atoms. The maximum Gasteiger partial charge on any atom is 0.293 e. The van der Waals surface area contributed by atoms with Crippen LogP contribution in [-0.2, 0) is 17.9 Å². The Morgan fingerprint density at radius 2 is 1.66 bits per heavy atom. The molecule has 0 aromatic heterocycles. The van der Waals surface area contributed by atoms with Gasteiger partial charge in [-0.25, -0.2) is 4.39 Å². The average molecular weight is 504 g/mol. The molecule has 4 aromatic rings. The Hall–Kier alpha value is -3.61. The first-order valence-corrected chi connectivity index (χ1v) is 12.1. The highest BCUT2D eigenvalue weighted by atomic mass is 35.5. The Kier molecular flexibility index (Phi) is 6.57. The number of thioether (sulfide) groups is 1. The van der Waals surface area contributed by atoms with Gasteiger partial charge in [0.05, 0.1) is 11.4 Å². The molecule has 5 rings (SSSR count). The van der Waals surface area contributed by atoms with Gasteiger partial charge in [-0.3, -0.25) is 14.5 Å². The molecule has 1 aliphatic rings. The molecule has 0 N–H and O–H groups in total. The van der Waals surface area contributed by atoms with Gasteiger partial charge in [0.25, 0.3) is 11.1 Å². The monoisotopic (exact) mass is 503 g/mol. The molecule has 1 fully saturated rings. The number of rotatable bonds is 6. The molecule has 2 amide bonds. The maximum absolute atomic E-state index is 14.1. The SMILES string of the molecule is O=C1S/C(=C\c2ccc(OCc3cccc4ccccc34)cc2)C(=O)N1Cc1c(F)cccc1Cl. The van der Waals surface area contributed by atoms with Gasteiger partial charge in [0.2, 0.25) is 0 Å². The lowest BCUT2D eigenvalue weighted by molar-refractivity contribution is -0.123. The highest BCUT2D eigenvalue weighted by molar-refractivity contribution is 8.18. The molecule has 0 aliphatic carbocycles. The summed E-state index contributed by atoms with van der Waals surface area (Å²) in [4.78, 5) is 26.5. The van der Waals surface area contributed by atoms with Crippen LogP contribution in [0.15, 0.2) is 89.8 Å². The van der Waals surface area contributed by atoms with Gasteiger partial charge in [-0.15, -0.1) is 0 Å². The topological polar surface area (TPSA) is 46.6 Å². The molecule has 1 aliphatic heterocycles. The van der Waals surface area contributed by atoms with Crippen LogP contribution >= 0.6 is 23.4 Å². The van der Waals surface area contributed by atoms with Crippen molar-refractivity contribution in [1.29, 1.82) is 0 Å². The van der Waals surface area contributed by atoms with Gasteiger partial charge < -0.3 is 4.74 Å². The average Bonchev–Trinajstić information content (AvgIpc) is 3.13. The van der Waals surface area contributed by atoms with Crippen molar-refractivity contribution in [3.63, 3.8) is 0 Å². The van der Waals surface area contributed by atoms with Crippen LogP contribution in [0.3, 0.4) is 0 Å². The first-order chi connectivity index (χ1) is 17.0. The fourth-order valence-corrected chi connectivity index (χ4v) is 4.93. The smallest absolute Gasteiger partial charge is 0.293 e. The van der Waals surface area contributed by atoms with E-state index in [0.717, 1.165) is 38.6 Å². The van der Waals surface area contributed by atoms with Crippen molar-refractivity contribution in [2.45, 2.75) is 13.2 Å². The fourth-order valence-electron chi connectivity index (χ4n) is 3.87. The lowest BCUT2D eigenvalue weighted by Gasteiger charge is -2.14. The van der Waals surface area contributed by atoms with E-state index in [9.17, 15) is 14.0 Å². The second kappa shape index (κ2) is 9.94. The molecule has 0 radical (unpaired) electrons. The van der Waals surface area contributed by atoms with Crippen LogP contribution in [0.2, 0.25) is 5.02 Å². The zero-order valence-corrected chi connectivity index (χ0v) is 20.0. The van der Waals surface area contributed by atoms with E-state index in [1.54, 1.807) is 6.08 Å². The van der Waals surface area contributed by atoms with Gasteiger partial charge in [0.15, 0.2) is 0 Å². The van der Waals surface area contributed by atoms with Crippen molar-refractivity contribution in [2.75, 3.05) is 0 Å². The summed E-state index contributed by atoms with van der Waals surface area (Å²) < 4.78 is 20.1. The van der Waals surface area contributed by atoms with Crippen molar-refractivity contribution >= 4 is 51.4 Å². The molecule has 7 heteroatoms. The van der Waals surface area contributed by atoms with E-state index < -0.39 is 17.0 Å². The summed E-state index contributed by atoms with van der Waals surface area (Å²) in [6, 6.07) is 25.8. The van der Waals surface area contributed by atoms with Crippen LogP contribution < -0.4 is 4.74 Å². The molecular formula is C28H19ClFNO3S. The number of nitrogens with zero attached hydrogens (tertiary/aromatic N) is 1. The highest BCUT2D eigenvalue weighted by Gasteiger charge is 2.35. The molecule has 0 atom stereocenters. The minimum atomic E-state index is -0.556. The van der Waals surface area contributed by atoms with Crippen LogP contribution in [-0.4, -0.2) is 16.0 Å². The van der Waals surface area contributed by atoms with E-state index in [4.69, 9.17) is 16.3 Å². The molecule has 1 heterocycles. The third kappa shape index (κ3) is 4.94. The van der Waals surface area contributed by atoms with Gasteiger partial charge in [0.1, 0.15) is 18.2 Å². The fraction of sp³-hybridized carbons (Fsp3) is 0.0714. The Bertz CT molecular complexity index is 1440. The quantitative estimate of drug-likeness (QED) is 0.256. The first-order valence-electron chi connectivity index (χ1n) is 10.9. The molecule has 0 saturated carbocycles. The van der Waals surface area contributed by atoms with Crippen molar-refractivity contribution < 1.29 is 18.7 Å². The second-order valence-corrected chi connectivity index (χ2v) is 9.36. The Labute approximate surface area is 211 Å². The third-order valence-corrected chi connectivity index (χ3v) is 6.97. The normalized spacial score (nSPS) is 14.8. The Balaban J connectivity index is 1.27. The predicted molar refractivity (Wildman–Crippen MR) is 138 cm³/mol. The molecule has 4 aromatic carbocycles. The highest BCUT2D eigenvalue weighted by Crippen LogP contribution is 2.35. The van der Waals surface area contributed by atoms with Gasteiger partial charge in [-0.1, -0.05) is 72.3 Å². The summed E-state index contributed by atoms with van der Waals surface area (Å²) in [7, 11) is 0. The first kappa shape index (κ1) is 23.1. The summed E-state index contributed by atoms with van der Waals surface area (Å²) in [5.74, 6) is -0.340. The molecule has 174 valence electrons. The maximum atomic E-state index is 14.1. The van der Waals surface area contributed by atoms with E-state index in [1.165, 1.54) is 18.2 Å². The van der Waals surface area contributed by atoms with Gasteiger partial charge >= 0.3 is 0 Å². The molecule has 0 bridgehead atoms. The van der Waals surface area contributed by atoms with E-state index >= 15 is 0 Å². The predicted octanol–water partition coefficient (Wildman–Crippen LogP) is 7.45. The second-order valence-electron chi connectivity index (χ2n) is 7.96. The Morgan fingerprint density at radius 3 is 2.46 bits per heavy atom. The molecule has 4 nitrogen and oxygen atoms in total. The number of halogens is 2. The minimum Gasteiger partial charge on any atom is -0.489 e. The number of hydrogen-bond donors (Lipinski definition) is 0. The number of carbonyl (C=O) groups is 2. The number of hydrogen-bond acceptors (Lipinski definition) is 4.